The molecule has 0 saturated carbocycles. The van der Waals surface area contributed by atoms with Crippen LogP contribution in [0.4, 0.5) is 5.69 Å². The second-order valence-electron chi connectivity index (χ2n) is 7.64. The number of carbonyl (C=O) groups is 1. The quantitative estimate of drug-likeness (QED) is 0.753. The van der Waals surface area contributed by atoms with Crippen LogP contribution in [0.2, 0.25) is 5.02 Å². The summed E-state index contributed by atoms with van der Waals surface area (Å²) in [6.07, 6.45) is 0.541. The second kappa shape index (κ2) is 7.97. The average Bonchev–Trinajstić information content (AvgIpc) is 3.02. The fourth-order valence-electron chi connectivity index (χ4n) is 3.99. The van der Waals surface area contributed by atoms with Crippen LogP contribution in [-0.2, 0) is 14.6 Å². The number of rotatable bonds is 4. The van der Waals surface area contributed by atoms with Crippen LogP contribution in [0.25, 0.3) is 0 Å². The van der Waals surface area contributed by atoms with Gasteiger partial charge in [-0.05, 0) is 38.0 Å². The number of benzene rings is 1. The van der Waals surface area contributed by atoms with E-state index in [1.165, 1.54) is 5.56 Å². The first-order valence-electron chi connectivity index (χ1n) is 9.40. The third-order valence-electron chi connectivity index (χ3n) is 5.83. The van der Waals surface area contributed by atoms with E-state index in [1.54, 1.807) is 11.9 Å². The Kier molecular flexibility index (Phi) is 6.03. The maximum Gasteiger partial charge on any atom is 0.239 e. The molecule has 2 aliphatic heterocycles. The Morgan fingerprint density at radius 3 is 2.52 bits per heavy atom. The van der Waals surface area contributed by atoms with Crippen molar-refractivity contribution < 1.29 is 13.2 Å². The molecule has 2 heterocycles. The molecule has 0 spiro atoms. The van der Waals surface area contributed by atoms with E-state index in [0.717, 1.165) is 36.9 Å². The lowest BCUT2D eigenvalue weighted by Gasteiger charge is -2.40. The van der Waals surface area contributed by atoms with Crippen molar-refractivity contribution in [2.45, 2.75) is 32.4 Å². The number of carbonyl (C=O) groups excluding carboxylic acids is 1. The lowest BCUT2D eigenvalue weighted by atomic mass is 10.1. The molecule has 1 amide bonds. The molecule has 1 aromatic rings. The molecule has 2 fully saturated rings. The number of halogens is 1. The highest BCUT2D eigenvalue weighted by atomic mass is 35.5. The minimum absolute atomic E-state index is 0.00415. The highest BCUT2D eigenvalue weighted by molar-refractivity contribution is 7.91. The molecule has 0 N–H and O–H groups in total. The molecular formula is C19H28ClN3O3S. The van der Waals surface area contributed by atoms with Gasteiger partial charge < -0.3 is 9.80 Å². The zero-order chi connectivity index (χ0) is 19.8. The maximum absolute atomic E-state index is 12.8. The predicted octanol–water partition coefficient (Wildman–Crippen LogP) is 1.80. The number of hydrogen-bond donors (Lipinski definition) is 0. The summed E-state index contributed by atoms with van der Waals surface area (Å²) >= 11 is 6.14. The first kappa shape index (κ1) is 20.4. The predicted molar refractivity (Wildman–Crippen MR) is 109 cm³/mol. The summed E-state index contributed by atoms with van der Waals surface area (Å²) in [5.41, 5.74) is 2.34. The summed E-state index contributed by atoms with van der Waals surface area (Å²) in [5.74, 6) is 0.273. The second-order valence-corrected chi connectivity index (χ2v) is 10.3. The fraction of sp³-hybridized carbons (Fsp3) is 0.632. The lowest BCUT2D eigenvalue weighted by molar-refractivity contribution is -0.136. The molecule has 27 heavy (non-hydrogen) atoms. The van der Waals surface area contributed by atoms with Crippen LogP contribution >= 0.6 is 11.6 Å². The summed E-state index contributed by atoms with van der Waals surface area (Å²) in [6.45, 7) is 7.24. The average molecular weight is 414 g/mol. The van der Waals surface area contributed by atoms with E-state index < -0.39 is 9.84 Å². The summed E-state index contributed by atoms with van der Waals surface area (Å²) in [4.78, 5) is 19.0. The van der Waals surface area contributed by atoms with Crippen molar-refractivity contribution in [1.82, 2.24) is 9.80 Å². The van der Waals surface area contributed by atoms with E-state index in [1.807, 2.05) is 25.1 Å². The summed E-state index contributed by atoms with van der Waals surface area (Å²) < 4.78 is 23.4. The Labute approximate surface area is 167 Å². The molecule has 1 aromatic carbocycles. The van der Waals surface area contributed by atoms with Gasteiger partial charge in [-0.15, -0.1) is 0 Å². The molecule has 3 rings (SSSR count). The van der Waals surface area contributed by atoms with Crippen LogP contribution in [0, 0.1) is 6.92 Å². The first-order chi connectivity index (χ1) is 12.7. The van der Waals surface area contributed by atoms with Gasteiger partial charge in [0.25, 0.3) is 0 Å². The van der Waals surface area contributed by atoms with E-state index in [9.17, 15) is 13.2 Å². The molecule has 150 valence electrons. The number of nitrogens with zero attached hydrogens (tertiary/aromatic N) is 3. The number of anilines is 1. The molecular weight excluding hydrogens is 386 g/mol. The van der Waals surface area contributed by atoms with E-state index in [2.05, 4.69) is 16.7 Å². The smallest absolute Gasteiger partial charge is 0.239 e. The SMILES string of the molecule is Cc1ccc(Cl)cc1N1CCN([C@H](C)C(=O)N(C)[C@H]2CCS(=O)(=O)C2)CC1. The summed E-state index contributed by atoms with van der Waals surface area (Å²) in [6, 6.07) is 5.48. The largest absolute Gasteiger partial charge is 0.369 e. The van der Waals surface area contributed by atoms with Gasteiger partial charge in [0.05, 0.1) is 17.5 Å². The van der Waals surface area contributed by atoms with Crippen molar-refractivity contribution >= 4 is 33.0 Å². The van der Waals surface area contributed by atoms with Crippen molar-refractivity contribution in [2.75, 3.05) is 49.6 Å². The van der Waals surface area contributed by atoms with Crippen LogP contribution in [0.1, 0.15) is 18.9 Å². The van der Waals surface area contributed by atoms with Crippen molar-refractivity contribution in [1.29, 1.82) is 0 Å². The van der Waals surface area contributed by atoms with Gasteiger partial charge in [0.15, 0.2) is 9.84 Å². The van der Waals surface area contributed by atoms with E-state index in [0.29, 0.717) is 6.42 Å². The molecule has 2 atom stereocenters. The van der Waals surface area contributed by atoms with Gasteiger partial charge in [0.2, 0.25) is 5.91 Å². The van der Waals surface area contributed by atoms with Crippen molar-refractivity contribution in [2.24, 2.45) is 0 Å². The number of likely N-dealkylation sites (N-methyl/N-ethyl adjacent to an activating group) is 1. The Balaban J connectivity index is 1.58. The number of piperazine rings is 1. The van der Waals surface area contributed by atoms with Gasteiger partial charge in [0.1, 0.15) is 0 Å². The van der Waals surface area contributed by atoms with Crippen LogP contribution in [0.5, 0.6) is 0 Å². The van der Waals surface area contributed by atoms with Crippen molar-refractivity contribution in [3.8, 4) is 0 Å². The fourth-order valence-corrected chi connectivity index (χ4v) is 5.93. The Bertz CT molecular complexity index is 806. The number of amides is 1. The molecule has 0 aromatic heterocycles. The van der Waals surface area contributed by atoms with Crippen LogP contribution in [0.15, 0.2) is 18.2 Å². The maximum atomic E-state index is 12.8. The molecule has 8 heteroatoms. The van der Waals surface area contributed by atoms with Gasteiger partial charge in [-0.2, -0.15) is 0 Å². The molecule has 0 aliphatic carbocycles. The summed E-state index contributed by atoms with van der Waals surface area (Å²) in [5, 5.41) is 0.731. The zero-order valence-electron chi connectivity index (χ0n) is 16.2. The number of sulfone groups is 1. The van der Waals surface area contributed by atoms with E-state index >= 15 is 0 Å². The lowest BCUT2D eigenvalue weighted by Crippen LogP contribution is -2.55. The Morgan fingerprint density at radius 2 is 1.93 bits per heavy atom. The molecule has 6 nitrogen and oxygen atoms in total. The van der Waals surface area contributed by atoms with Crippen LogP contribution < -0.4 is 4.90 Å². The van der Waals surface area contributed by atoms with Gasteiger partial charge >= 0.3 is 0 Å². The molecule has 0 bridgehead atoms. The first-order valence-corrected chi connectivity index (χ1v) is 11.6. The minimum Gasteiger partial charge on any atom is -0.369 e. The van der Waals surface area contributed by atoms with Crippen LogP contribution in [-0.4, -0.2) is 80.9 Å². The third-order valence-corrected chi connectivity index (χ3v) is 7.82. The molecule has 2 saturated heterocycles. The highest BCUT2D eigenvalue weighted by Crippen LogP contribution is 2.26. The molecule has 2 aliphatic rings. The third kappa shape index (κ3) is 4.58. The molecule has 0 unspecified atom stereocenters. The zero-order valence-corrected chi connectivity index (χ0v) is 17.8. The van der Waals surface area contributed by atoms with Gasteiger partial charge in [-0.3, -0.25) is 9.69 Å². The topological polar surface area (TPSA) is 60.9 Å². The van der Waals surface area contributed by atoms with Crippen LogP contribution in [0.3, 0.4) is 0 Å². The van der Waals surface area contributed by atoms with Gasteiger partial charge in [-0.1, -0.05) is 17.7 Å². The monoisotopic (exact) mass is 413 g/mol. The van der Waals surface area contributed by atoms with E-state index in [4.69, 9.17) is 11.6 Å². The standard InChI is InChI=1S/C19H28ClN3O3S/c1-14-4-5-16(20)12-18(14)23-9-7-22(8-10-23)15(2)19(24)21(3)17-6-11-27(25,26)13-17/h4-5,12,15,17H,6-11,13H2,1-3H3/t15-,17+/m1/s1. The Hall–Kier alpha value is -1.31. The van der Waals surface area contributed by atoms with Gasteiger partial charge in [-0.25, -0.2) is 8.42 Å². The normalized spacial score (nSPS) is 24.0. The minimum atomic E-state index is -3.00. The highest BCUT2D eigenvalue weighted by Gasteiger charge is 2.36. The summed E-state index contributed by atoms with van der Waals surface area (Å²) in [7, 11) is -1.26. The Morgan fingerprint density at radius 1 is 1.26 bits per heavy atom. The number of aryl methyl sites for hydroxylation is 1. The van der Waals surface area contributed by atoms with Crippen molar-refractivity contribution in [3.05, 3.63) is 28.8 Å². The number of hydrogen-bond acceptors (Lipinski definition) is 5. The van der Waals surface area contributed by atoms with Crippen molar-refractivity contribution in [3.63, 3.8) is 0 Å². The molecule has 0 radical (unpaired) electrons. The van der Waals surface area contributed by atoms with Gasteiger partial charge in [0, 0.05) is 50.0 Å². The van der Waals surface area contributed by atoms with E-state index in [-0.39, 0.29) is 29.5 Å².